The summed E-state index contributed by atoms with van der Waals surface area (Å²) < 4.78 is 0. The van der Waals surface area contributed by atoms with Gasteiger partial charge in [-0.25, -0.2) is 5.43 Å². The van der Waals surface area contributed by atoms with E-state index < -0.39 is 0 Å². The largest absolute Gasteiger partial charge is 0.272 e. The van der Waals surface area contributed by atoms with Crippen molar-refractivity contribution in [3.05, 3.63) is 69.7 Å². The molecule has 2 aromatic rings. The van der Waals surface area contributed by atoms with Crippen molar-refractivity contribution >= 4 is 47.1 Å². The Morgan fingerprint density at radius 2 is 1.91 bits per heavy atom. The molecule has 0 saturated heterocycles. The number of nitrogens with zero attached hydrogens (tertiary/aromatic N) is 1. The van der Waals surface area contributed by atoms with E-state index in [1.165, 1.54) is 11.8 Å². The Balaban J connectivity index is 1.70. The Morgan fingerprint density at radius 1 is 1.14 bits per heavy atom. The van der Waals surface area contributed by atoms with Crippen LogP contribution in [0.3, 0.4) is 0 Å². The second-order valence-electron chi connectivity index (χ2n) is 4.47. The first-order valence-corrected chi connectivity index (χ1v) is 8.44. The van der Waals surface area contributed by atoms with Crippen molar-refractivity contribution in [2.75, 3.05) is 5.75 Å². The fourth-order valence-corrected chi connectivity index (χ4v) is 2.75. The minimum Gasteiger partial charge on any atom is -0.272 e. The van der Waals surface area contributed by atoms with Gasteiger partial charge in [0, 0.05) is 15.8 Å². The predicted molar refractivity (Wildman–Crippen MR) is 94.8 cm³/mol. The number of rotatable bonds is 6. The summed E-state index contributed by atoms with van der Waals surface area (Å²) in [5.74, 6) is 0.954. The third kappa shape index (κ3) is 6.10. The van der Waals surface area contributed by atoms with Crippen LogP contribution in [0.5, 0.6) is 0 Å². The van der Waals surface area contributed by atoms with Crippen molar-refractivity contribution in [3.8, 4) is 0 Å². The van der Waals surface area contributed by atoms with Gasteiger partial charge < -0.3 is 0 Å². The van der Waals surface area contributed by atoms with Crippen LogP contribution in [0.4, 0.5) is 0 Å². The van der Waals surface area contributed by atoms with Crippen molar-refractivity contribution < 1.29 is 4.79 Å². The van der Waals surface area contributed by atoms with Crippen molar-refractivity contribution in [3.63, 3.8) is 0 Å². The molecular weight excluding hydrogens is 339 g/mol. The lowest BCUT2D eigenvalue weighted by Gasteiger charge is -2.02. The highest BCUT2D eigenvalue weighted by atomic mass is 35.5. The Hall–Kier alpha value is -1.49. The molecule has 0 saturated carbocycles. The summed E-state index contributed by atoms with van der Waals surface area (Å²) in [6, 6.07) is 14.8. The number of halogens is 2. The molecular formula is C16H14Cl2N2OS. The van der Waals surface area contributed by atoms with Gasteiger partial charge in [0.1, 0.15) is 0 Å². The van der Waals surface area contributed by atoms with Gasteiger partial charge in [-0.15, -0.1) is 11.8 Å². The van der Waals surface area contributed by atoms with Crippen LogP contribution in [0.2, 0.25) is 10.0 Å². The van der Waals surface area contributed by atoms with Gasteiger partial charge in [-0.3, -0.25) is 4.79 Å². The van der Waals surface area contributed by atoms with Crippen molar-refractivity contribution in [1.82, 2.24) is 5.43 Å². The molecule has 114 valence electrons. The maximum atomic E-state index is 11.7. The quantitative estimate of drug-likeness (QED) is 0.619. The van der Waals surface area contributed by atoms with Crippen LogP contribution in [-0.4, -0.2) is 17.9 Å². The molecule has 3 nitrogen and oxygen atoms in total. The average molecular weight is 353 g/mol. The first kappa shape index (κ1) is 16.9. The summed E-state index contributed by atoms with van der Waals surface area (Å²) >= 11 is 13.2. The second-order valence-corrected chi connectivity index (χ2v) is 6.33. The Bertz CT molecular complexity index is 659. The molecule has 0 radical (unpaired) electrons. The molecule has 0 aliphatic carbocycles. The first-order valence-electron chi connectivity index (χ1n) is 6.53. The lowest BCUT2D eigenvalue weighted by Crippen LogP contribution is -2.19. The van der Waals surface area contributed by atoms with E-state index in [2.05, 4.69) is 10.5 Å². The number of amides is 1. The van der Waals surface area contributed by atoms with Gasteiger partial charge in [0.2, 0.25) is 5.91 Å². The zero-order valence-electron chi connectivity index (χ0n) is 11.6. The normalized spacial score (nSPS) is 10.8. The summed E-state index contributed by atoms with van der Waals surface area (Å²) in [5.41, 5.74) is 4.46. The van der Waals surface area contributed by atoms with Crippen molar-refractivity contribution in [2.45, 2.75) is 5.75 Å². The van der Waals surface area contributed by atoms with Gasteiger partial charge >= 0.3 is 0 Å². The number of nitrogens with one attached hydrogen (secondary N) is 1. The number of benzene rings is 2. The van der Waals surface area contributed by atoms with Crippen molar-refractivity contribution in [1.29, 1.82) is 0 Å². The SMILES string of the molecule is O=C(CSCc1ccc(Cl)cc1)NN=Cc1cccc(Cl)c1. The van der Waals surface area contributed by atoms with E-state index in [0.29, 0.717) is 15.8 Å². The van der Waals surface area contributed by atoms with Gasteiger partial charge in [0.25, 0.3) is 0 Å². The van der Waals surface area contributed by atoms with Crippen LogP contribution < -0.4 is 5.43 Å². The standard InChI is InChI=1S/C16H14Cl2N2OS/c17-14-6-4-12(5-7-14)10-22-11-16(21)20-19-9-13-2-1-3-15(18)8-13/h1-9H,10-11H2,(H,20,21). The molecule has 22 heavy (non-hydrogen) atoms. The van der Waals surface area contributed by atoms with Gasteiger partial charge in [0.15, 0.2) is 0 Å². The minimum absolute atomic E-state index is 0.141. The molecule has 0 unspecified atom stereocenters. The number of hydrogen-bond donors (Lipinski definition) is 1. The molecule has 6 heteroatoms. The van der Waals surface area contributed by atoms with E-state index in [0.717, 1.165) is 16.9 Å². The highest BCUT2D eigenvalue weighted by Crippen LogP contribution is 2.15. The molecule has 0 heterocycles. The topological polar surface area (TPSA) is 41.5 Å². The number of hydrogen-bond acceptors (Lipinski definition) is 3. The zero-order valence-corrected chi connectivity index (χ0v) is 14.0. The predicted octanol–water partition coefficient (Wildman–Crippen LogP) is 4.38. The number of carbonyl (C=O) groups is 1. The van der Waals surface area contributed by atoms with E-state index in [9.17, 15) is 4.79 Å². The summed E-state index contributed by atoms with van der Waals surface area (Å²) in [6.07, 6.45) is 1.56. The molecule has 0 spiro atoms. The van der Waals surface area contributed by atoms with Crippen LogP contribution in [0, 0.1) is 0 Å². The smallest absolute Gasteiger partial charge is 0.250 e. The van der Waals surface area contributed by atoms with E-state index in [4.69, 9.17) is 23.2 Å². The molecule has 2 rings (SSSR count). The summed E-state index contributed by atoms with van der Waals surface area (Å²) in [4.78, 5) is 11.7. The maximum Gasteiger partial charge on any atom is 0.250 e. The number of hydrazone groups is 1. The lowest BCUT2D eigenvalue weighted by atomic mass is 10.2. The summed E-state index contributed by atoms with van der Waals surface area (Å²) in [6.45, 7) is 0. The van der Waals surface area contributed by atoms with Crippen LogP contribution in [0.25, 0.3) is 0 Å². The minimum atomic E-state index is -0.141. The molecule has 1 amide bonds. The summed E-state index contributed by atoms with van der Waals surface area (Å²) in [7, 11) is 0. The third-order valence-corrected chi connectivity index (χ3v) is 4.16. The Kier molecular flexibility index (Phi) is 6.77. The number of carbonyl (C=O) groups excluding carboxylic acids is 1. The van der Waals surface area contributed by atoms with Crippen LogP contribution in [0.1, 0.15) is 11.1 Å². The van der Waals surface area contributed by atoms with Crippen molar-refractivity contribution in [2.24, 2.45) is 5.10 Å². The fourth-order valence-electron chi connectivity index (χ4n) is 1.64. The molecule has 0 fully saturated rings. The van der Waals surface area contributed by atoms with E-state index in [1.807, 2.05) is 36.4 Å². The van der Waals surface area contributed by atoms with E-state index in [1.54, 1.807) is 18.3 Å². The van der Waals surface area contributed by atoms with Crippen LogP contribution in [0.15, 0.2) is 53.6 Å². The molecule has 0 aromatic heterocycles. The third-order valence-electron chi connectivity index (χ3n) is 2.67. The van der Waals surface area contributed by atoms with Crippen LogP contribution >= 0.6 is 35.0 Å². The monoisotopic (exact) mass is 352 g/mol. The molecule has 0 aliphatic heterocycles. The van der Waals surface area contributed by atoms with E-state index >= 15 is 0 Å². The lowest BCUT2D eigenvalue weighted by molar-refractivity contribution is -0.118. The number of thioether (sulfide) groups is 1. The first-order chi connectivity index (χ1) is 10.6. The molecule has 1 N–H and O–H groups in total. The second kappa shape index (κ2) is 8.83. The van der Waals surface area contributed by atoms with Gasteiger partial charge in [0.05, 0.1) is 12.0 Å². The van der Waals surface area contributed by atoms with Gasteiger partial charge in [-0.1, -0.05) is 47.5 Å². The molecule has 0 bridgehead atoms. The fraction of sp³-hybridized carbons (Fsp3) is 0.125. The average Bonchev–Trinajstić information content (AvgIpc) is 2.49. The maximum absolute atomic E-state index is 11.7. The molecule has 0 atom stereocenters. The van der Waals surface area contributed by atoms with Crippen LogP contribution in [-0.2, 0) is 10.5 Å². The van der Waals surface area contributed by atoms with Gasteiger partial charge in [-0.2, -0.15) is 5.10 Å². The summed E-state index contributed by atoms with van der Waals surface area (Å²) in [5, 5.41) is 5.25. The van der Waals surface area contributed by atoms with Gasteiger partial charge in [-0.05, 0) is 35.4 Å². The molecule has 2 aromatic carbocycles. The Labute approximate surface area is 143 Å². The zero-order chi connectivity index (χ0) is 15.8. The highest BCUT2D eigenvalue weighted by Gasteiger charge is 2.01. The highest BCUT2D eigenvalue weighted by molar-refractivity contribution is 7.99. The Morgan fingerprint density at radius 3 is 2.64 bits per heavy atom. The van der Waals surface area contributed by atoms with E-state index in [-0.39, 0.29) is 5.91 Å². The molecule has 0 aliphatic rings.